The van der Waals surface area contributed by atoms with E-state index in [-0.39, 0.29) is 0 Å². The first-order chi connectivity index (χ1) is 10.1. The Morgan fingerprint density at radius 3 is 2.48 bits per heavy atom. The van der Waals surface area contributed by atoms with Crippen LogP contribution in [0.25, 0.3) is 0 Å². The van der Waals surface area contributed by atoms with Crippen molar-refractivity contribution in [2.24, 2.45) is 5.92 Å². The van der Waals surface area contributed by atoms with Crippen LogP contribution in [-0.4, -0.2) is 25.9 Å². The van der Waals surface area contributed by atoms with Crippen LogP contribution in [0, 0.1) is 5.92 Å². The maximum absolute atomic E-state index is 5.73. The summed E-state index contributed by atoms with van der Waals surface area (Å²) in [5.41, 5.74) is 1.30. The summed E-state index contributed by atoms with van der Waals surface area (Å²) in [5.74, 6) is 1.51. The van der Waals surface area contributed by atoms with E-state index in [1.807, 2.05) is 7.11 Å². The van der Waals surface area contributed by atoms with E-state index in [4.69, 9.17) is 9.47 Å². The fourth-order valence-electron chi connectivity index (χ4n) is 2.93. The molecule has 1 aromatic carbocycles. The van der Waals surface area contributed by atoms with E-state index in [2.05, 4.69) is 50.4 Å². The molecule has 0 saturated heterocycles. The molecule has 21 heavy (non-hydrogen) atoms. The zero-order chi connectivity index (χ0) is 15.2. The first-order valence-corrected chi connectivity index (χ1v) is 8.11. The van der Waals surface area contributed by atoms with Crippen molar-refractivity contribution in [3.63, 3.8) is 0 Å². The predicted molar refractivity (Wildman–Crippen MR) is 86.8 cm³/mol. The second-order valence-electron chi connectivity index (χ2n) is 6.47. The number of nitrogens with one attached hydrogen (secondary N) is 1. The monoisotopic (exact) mass is 291 g/mol. The van der Waals surface area contributed by atoms with Crippen molar-refractivity contribution in [3.8, 4) is 5.75 Å². The topological polar surface area (TPSA) is 30.5 Å². The molecule has 3 nitrogen and oxygen atoms in total. The van der Waals surface area contributed by atoms with E-state index in [0.717, 1.165) is 12.4 Å². The van der Waals surface area contributed by atoms with Crippen molar-refractivity contribution in [2.75, 3.05) is 13.7 Å². The Hall–Kier alpha value is -1.06. The third kappa shape index (κ3) is 4.72. The van der Waals surface area contributed by atoms with Crippen LogP contribution in [-0.2, 0) is 4.74 Å². The summed E-state index contributed by atoms with van der Waals surface area (Å²) in [6, 6.07) is 9.26. The lowest BCUT2D eigenvalue weighted by Crippen LogP contribution is -2.38. The Balaban J connectivity index is 1.88. The van der Waals surface area contributed by atoms with E-state index in [1.54, 1.807) is 0 Å². The Labute approximate surface area is 129 Å². The summed E-state index contributed by atoms with van der Waals surface area (Å²) < 4.78 is 11.3. The highest BCUT2D eigenvalue weighted by Gasteiger charge is 2.28. The second kappa shape index (κ2) is 7.81. The van der Waals surface area contributed by atoms with Crippen molar-refractivity contribution >= 4 is 0 Å². The molecule has 2 rings (SSSR count). The molecule has 3 heteroatoms. The van der Waals surface area contributed by atoms with E-state index < -0.39 is 0 Å². The quantitative estimate of drug-likeness (QED) is 0.825. The molecule has 1 fully saturated rings. The minimum atomic E-state index is 0.338. The Morgan fingerprint density at radius 1 is 1.14 bits per heavy atom. The molecule has 0 radical (unpaired) electrons. The minimum Gasteiger partial charge on any atom is -0.493 e. The number of rotatable bonds is 7. The van der Waals surface area contributed by atoms with Crippen LogP contribution in [0.15, 0.2) is 24.3 Å². The molecule has 0 spiro atoms. The van der Waals surface area contributed by atoms with E-state index >= 15 is 0 Å². The van der Waals surface area contributed by atoms with Crippen LogP contribution in [0.1, 0.15) is 51.6 Å². The van der Waals surface area contributed by atoms with Gasteiger partial charge in [-0.1, -0.05) is 26.0 Å². The van der Waals surface area contributed by atoms with Crippen LogP contribution >= 0.6 is 0 Å². The number of benzene rings is 1. The van der Waals surface area contributed by atoms with Gasteiger partial charge in [0.1, 0.15) is 5.75 Å². The summed E-state index contributed by atoms with van der Waals surface area (Å²) in [4.78, 5) is 0. The van der Waals surface area contributed by atoms with E-state index in [0.29, 0.717) is 24.1 Å². The van der Waals surface area contributed by atoms with Gasteiger partial charge < -0.3 is 14.8 Å². The number of hydrogen-bond donors (Lipinski definition) is 1. The number of methoxy groups -OCH3 is 1. The lowest BCUT2D eigenvalue weighted by atomic mass is 10.1. The first-order valence-electron chi connectivity index (χ1n) is 8.11. The van der Waals surface area contributed by atoms with Crippen LogP contribution in [0.2, 0.25) is 0 Å². The van der Waals surface area contributed by atoms with Gasteiger partial charge in [-0.3, -0.25) is 0 Å². The van der Waals surface area contributed by atoms with Gasteiger partial charge in [-0.25, -0.2) is 0 Å². The maximum atomic E-state index is 5.73. The van der Waals surface area contributed by atoms with Crippen molar-refractivity contribution in [2.45, 2.75) is 58.2 Å². The Bertz CT molecular complexity index is 416. The molecule has 0 amide bonds. The minimum absolute atomic E-state index is 0.338. The van der Waals surface area contributed by atoms with Gasteiger partial charge in [0, 0.05) is 19.2 Å². The van der Waals surface area contributed by atoms with Gasteiger partial charge in [0.25, 0.3) is 0 Å². The molecule has 1 aromatic rings. The van der Waals surface area contributed by atoms with Gasteiger partial charge in [-0.2, -0.15) is 0 Å². The zero-order valence-corrected chi connectivity index (χ0v) is 13.8. The second-order valence-corrected chi connectivity index (χ2v) is 6.47. The van der Waals surface area contributed by atoms with E-state index in [1.165, 1.54) is 24.8 Å². The smallest absolute Gasteiger partial charge is 0.119 e. The van der Waals surface area contributed by atoms with Gasteiger partial charge in [0.05, 0.1) is 12.7 Å². The fourth-order valence-corrected chi connectivity index (χ4v) is 2.93. The molecule has 0 heterocycles. The SMILES string of the molecule is COC1CCCC1NC(C)c1ccc(OCC(C)C)cc1. The largest absolute Gasteiger partial charge is 0.493 e. The van der Waals surface area contributed by atoms with Crippen LogP contribution < -0.4 is 10.1 Å². The van der Waals surface area contributed by atoms with Crippen LogP contribution in [0.5, 0.6) is 5.75 Å². The molecule has 0 aromatic heterocycles. The normalized spacial score (nSPS) is 23.5. The lowest BCUT2D eigenvalue weighted by Gasteiger charge is -2.24. The maximum Gasteiger partial charge on any atom is 0.119 e. The molecular formula is C18H29NO2. The third-order valence-corrected chi connectivity index (χ3v) is 4.18. The van der Waals surface area contributed by atoms with Crippen LogP contribution in [0.4, 0.5) is 0 Å². The molecular weight excluding hydrogens is 262 g/mol. The molecule has 0 aliphatic heterocycles. The fraction of sp³-hybridized carbons (Fsp3) is 0.667. The molecule has 0 bridgehead atoms. The van der Waals surface area contributed by atoms with Gasteiger partial charge in [-0.05, 0) is 49.8 Å². The van der Waals surface area contributed by atoms with Crippen molar-refractivity contribution in [3.05, 3.63) is 29.8 Å². The summed E-state index contributed by atoms with van der Waals surface area (Å²) >= 11 is 0. The average molecular weight is 291 g/mol. The molecule has 1 aliphatic carbocycles. The highest BCUT2D eigenvalue weighted by molar-refractivity contribution is 5.29. The van der Waals surface area contributed by atoms with Gasteiger partial charge >= 0.3 is 0 Å². The summed E-state index contributed by atoms with van der Waals surface area (Å²) in [6.45, 7) is 7.31. The Morgan fingerprint density at radius 2 is 1.86 bits per heavy atom. The molecule has 118 valence electrons. The van der Waals surface area contributed by atoms with Gasteiger partial charge in [-0.15, -0.1) is 0 Å². The van der Waals surface area contributed by atoms with Crippen molar-refractivity contribution < 1.29 is 9.47 Å². The summed E-state index contributed by atoms with van der Waals surface area (Å²) in [5, 5.41) is 3.70. The van der Waals surface area contributed by atoms with E-state index in [9.17, 15) is 0 Å². The van der Waals surface area contributed by atoms with Crippen molar-refractivity contribution in [1.82, 2.24) is 5.32 Å². The highest BCUT2D eigenvalue weighted by Crippen LogP contribution is 2.25. The molecule has 3 atom stereocenters. The molecule has 3 unspecified atom stereocenters. The van der Waals surface area contributed by atoms with Crippen molar-refractivity contribution in [1.29, 1.82) is 0 Å². The first kappa shape index (κ1) is 16.3. The average Bonchev–Trinajstić information content (AvgIpc) is 2.92. The molecule has 1 saturated carbocycles. The van der Waals surface area contributed by atoms with Crippen LogP contribution in [0.3, 0.4) is 0 Å². The molecule has 1 N–H and O–H groups in total. The Kier molecular flexibility index (Phi) is 6.07. The highest BCUT2D eigenvalue weighted by atomic mass is 16.5. The van der Waals surface area contributed by atoms with Gasteiger partial charge in [0.15, 0.2) is 0 Å². The number of ether oxygens (including phenoxy) is 2. The summed E-state index contributed by atoms with van der Waals surface area (Å²) in [6.07, 6.45) is 3.99. The third-order valence-electron chi connectivity index (χ3n) is 4.18. The van der Waals surface area contributed by atoms with Gasteiger partial charge in [0.2, 0.25) is 0 Å². The zero-order valence-electron chi connectivity index (χ0n) is 13.8. The summed E-state index contributed by atoms with van der Waals surface area (Å²) in [7, 11) is 1.82. The predicted octanol–water partition coefficient (Wildman–Crippen LogP) is 3.94. The number of hydrogen-bond acceptors (Lipinski definition) is 3. The lowest BCUT2D eigenvalue weighted by molar-refractivity contribution is 0.0820. The standard InChI is InChI=1S/C18H29NO2/c1-13(2)12-21-16-10-8-15(9-11-16)14(3)19-17-6-5-7-18(17)20-4/h8-11,13-14,17-19H,5-7,12H2,1-4H3. The molecule has 1 aliphatic rings.